The van der Waals surface area contributed by atoms with Crippen molar-refractivity contribution in [2.24, 2.45) is 5.84 Å². The second-order valence-corrected chi connectivity index (χ2v) is 5.73. The van der Waals surface area contributed by atoms with Crippen molar-refractivity contribution in [3.8, 4) is 17.1 Å². The number of hydrazine groups is 1. The van der Waals surface area contributed by atoms with Gasteiger partial charge in [-0.1, -0.05) is 36.9 Å². The van der Waals surface area contributed by atoms with E-state index in [1.54, 1.807) is 7.05 Å². The molecule has 0 atom stereocenters. The van der Waals surface area contributed by atoms with Gasteiger partial charge in [-0.2, -0.15) is 0 Å². The molecule has 2 rings (SSSR count). The first-order valence-electron chi connectivity index (χ1n) is 8.28. The van der Waals surface area contributed by atoms with E-state index >= 15 is 0 Å². The summed E-state index contributed by atoms with van der Waals surface area (Å²) in [4.78, 5) is 9.10. The van der Waals surface area contributed by atoms with Gasteiger partial charge in [-0.05, 0) is 32.1 Å². The predicted octanol–water partition coefficient (Wildman–Crippen LogP) is 3.49. The summed E-state index contributed by atoms with van der Waals surface area (Å²) < 4.78 is 5.73. The van der Waals surface area contributed by atoms with E-state index in [4.69, 9.17) is 16.3 Å². The van der Waals surface area contributed by atoms with E-state index < -0.39 is 0 Å². The van der Waals surface area contributed by atoms with Crippen LogP contribution in [0.4, 0.5) is 5.82 Å². The highest BCUT2D eigenvalue weighted by Gasteiger charge is 2.11. The van der Waals surface area contributed by atoms with Crippen molar-refractivity contribution in [3.63, 3.8) is 0 Å². The first-order chi connectivity index (χ1) is 12.5. The number of hydrogen-bond acceptors (Lipinski definition) is 6. The minimum absolute atomic E-state index is 0.295. The lowest BCUT2D eigenvalue weighted by molar-refractivity contribution is 0.296. The van der Waals surface area contributed by atoms with Gasteiger partial charge >= 0.3 is 0 Å². The Labute approximate surface area is 154 Å². The molecule has 1 aromatic heterocycles. The average molecular weight is 351 g/mol. The van der Waals surface area contributed by atoms with Crippen LogP contribution in [0.5, 0.6) is 5.75 Å². The van der Waals surface area contributed by atoms with Crippen LogP contribution < -0.4 is 16.3 Å². The van der Waals surface area contributed by atoms with Crippen LogP contribution in [0.25, 0.3) is 23.5 Å². The van der Waals surface area contributed by atoms with Crippen LogP contribution in [0, 0.1) is 0 Å². The van der Waals surface area contributed by atoms with E-state index in [9.17, 15) is 0 Å². The zero-order valence-corrected chi connectivity index (χ0v) is 15.4. The van der Waals surface area contributed by atoms with E-state index in [1.807, 2.05) is 62.4 Å². The first-order valence-corrected chi connectivity index (χ1v) is 8.28. The van der Waals surface area contributed by atoms with Crippen molar-refractivity contribution in [1.82, 2.24) is 15.0 Å². The largest absolute Gasteiger partial charge is 0.487 e. The highest BCUT2D eigenvalue weighted by molar-refractivity contribution is 5.73. The molecule has 0 radical (unpaired) electrons. The van der Waals surface area contributed by atoms with Gasteiger partial charge in [-0.15, -0.1) is 0 Å². The van der Waals surface area contributed by atoms with Crippen molar-refractivity contribution in [1.29, 1.82) is 0 Å². The van der Waals surface area contributed by atoms with Crippen LogP contribution in [0.1, 0.15) is 25.1 Å². The Balaban J connectivity index is 2.36. The molecule has 0 saturated carbocycles. The highest BCUT2D eigenvalue weighted by atomic mass is 16.5. The molecule has 0 aliphatic heterocycles. The Morgan fingerprint density at radius 3 is 2.62 bits per heavy atom. The van der Waals surface area contributed by atoms with E-state index in [0.29, 0.717) is 29.7 Å². The number of nitrogen functional groups attached to an aromatic ring is 1. The van der Waals surface area contributed by atoms with Crippen LogP contribution in [0.15, 0.2) is 48.7 Å². The third kappa shape index (κ3) is 4.70. The molecular weight excluding hydrogens is 326 g/mol. The molecular formula is C20H25N5O. The molecule has 0 amide bonds. The molecule has 1 aromatic carbocycles. The normalized spacial score (nSPS) is 11.2. The summed E-state index contributed by atoms with van der Waals surface area (Å²) in [6.07, 6.45) is 7.66. The summed E-state index contributed by atoms with van der Waals surface area (Å²) in [7, 11) is 1.72. The SMILES string of the molecule is C=C(COc1cccc(-c2nc(N)c(/C=C\C)c(/C=C\C)n2)c1)N(C)N. The lowest BCUT2D eigenvalue weighted by atomic mass is 10.1. The summed E-state index contributed by atoms with van der Waals surface area (Å²) in [5.74, 6) is 7.29. The quantitative estimate of drug-likeness (QED) is 0.586. The second-order valence-electron chi connectivity index (χ2n) is 5.73. The van der Waals surface area contributed by atoms with E-state index in [-0.39, 0.29) is 0 Å². The average Bonchev–Trinajstić information content (AvgIpc) is 2.62. The van der Waals surface area contributed by atoms with E-state index in [2.05, 4.69) is 16.5 Å². The van der Waals surface area contributed by atoms with Crippen molar-refractivity contribution in [2.75, 3.05) is 19.4 Å². The Bertz CT molecular complexity index is 840. The Hall–Kier alpha value is -3.12. The molecule has 0 aliphatic carbocycles. The minimum Gasteiger partial charge on any atom is -0.487 e. The Morgan fingerprint density at radius 1 is 1.23 bits per heavy atom. The molecule has 0 unspecified atom stereocenters. The predicted molar refractivity (Wildman–Crippen MR) is 108 cm³/mol. The summed E-state index contributed by atoms with van der Waals surface area (Å²) in [5, 5.41) is 1.43. The number of ether oxygens (including phenoxy) is 1. The van der Waals surface area contributed by atoms with E-state index in [0.717, 1.165) is 16.8 Å². The molecule has 0 fully saturated rings. The number of hydrogen-bond donors (Lipinski definition) is 2. The fourth-order valence-corrected chi connectivity index (χ4v) is 2.25. The van der Waals surface area contributed by atoms with Crippen LogP contribution in [0.3, 0.4) is 0 Å². The van der Waals surface area contributed by atoms with Crippen molar-refractivity contribution >= 4 is 18.0 Å². The van der Waals surface area contributed by atoms with Crippen LogP contribution in [-0.4, -0.2) is 28.6 Å². The lowest BCUT2D eigenvalue weighted by Gasteiger charge is -2.16. The maximum Gasteiger partial charge on any atom is 0.162 e. The molecule has 0 spiro atoms. The molecule has 0 bridgehead atoms. The summed E-state index contributed by atoms with van der Waals surface area (Å²) in [6.45, 7) is 8.00. The molecule has 0 saturated heterocycles. The number of nitrogens with zero attached hydrogens (tertiary/aromatic N) is 3. The number of allylic oxidation sites excluding steroid dienone is 2. The fraction of sp³-hybridized carbons (Fsp3) is 0.200. The van der Waals surface area contributed by atoms with Gasteiger partial charge in [0.1, 0.15) is 18.2 Å². The lowest BCUT2D eigenvalue weighted by Crippen LogP contribution is -2.27. The summed E-state index contributed by atoms with van der Waals surface area (Å²) >= 11 is 0. The van der Waals surface area contributed by atoms with Crippen molar-refractivity contribution in [2.45, 2.75) is 13.8 Å². The number of likely N-dealkylation sites (N-methyl/N-ethyl adjacent to an activating group) is 1. The Kier molecular flexibility index (Phi) is 6.52. The van der Waals surface area contributed by atoms with Gasteiger partial charge < -0.3 is 15.5 Å². The number of rotatable bonds is 7. The number of aromatic nitrogens is 2. The van der Waals surface area contributed by atoms with Crippen LogP contribution in [-0.2, 0) is 0 Å². The molecule has 1 heterocycles. The molecule has 4 N–H and O–H groups in total. The van der Waals surface area contributed by atoms with Gasteiger partial charge in [-0.3, -0.25) is 0 Å². The third-order valence-electron chi connectivity index (χ3n) is 3.66. The van der Waals surface area contributed by atoms with Gasteiger partial charge in [0.2, 0.25) is 0 Å². The second kappa shape index (κ2) is 8.82. The molecule has 26 heavy (non-hydrogen) atoms. The standard InChI is InChI=1S/C20H25N5O/c1-5-8-17-18(9-6-2)23-20(24-19(17)21)15-10-7-11-16(12-15)26-13-14(3)25(4)22/h5-12H,3,13,22H2,1-2,4H3,(H2,21,23,24)/b8-5-,9-6-. The van der Waals surface area contributed by atoms with Gasteiger partial charge in [0, 0.05) is 18.2 Å². The molecule has 2 aromatic rings. The Morgan fingerprint density at radius 2 is 1.96 bits per heavy atom. The van der Waals surface area contributed by atoms with Crippen molar-refractivity contribution in [3.05, 3.63) is 60.0 Å². The number of benzene rings is 1. The van der Waals surface area contributed by atoms with Gasteiger partial charge in [-0.25, -0.2) is 15.8 Å². The smallest absolute Gasteiger partial charge is 0.162 e. The zero-order chi connectivity index (χ0) is 19.1. The highest BCUT2D eigenvalue weighted by Crippen LogP contribution is 2.25. The molecule has 6 nitrogen and oxygen atoms in total. The van der Waals surface area contributed by atoms with Gasteiger partial charge in [0.05, 0.1) is 11.4 Å². The number of nitrogens with two attached hydrogens (primary N) is 2. The molecule has 136 valence electrons. The fourth-order valence-electron chi connectivity index (χ4n) is 2.25. The van der Waals surface area contributed by atoms with E-state index in [1.165, 1.54) is 5.01 Å². The van der Waals surface area contributed by atoms with Crippen LogP contribution >= 0.6 is 0 Å². The first kappa shape index (κ1) is 19.2. The zero-order valence-electron chi connectivity index (χ0n) is 15.4. The van der Waals surface area contributed by atoms with Gasteiger partial charge in [0.25, 0.3) is 0 Å². The molecule has 0 aliphatic rings. The van der Waals surface area contributed by atoms with Crippen LogP contribution in [0.2, 0.25) is 0 Å². The van der Waals surface area contributed by atoms with Gasteiger partial charge in [0.15, 0.2) is 5.82 Å². The maximum atomic E-state index is 6.15. The summed E-state index contributed by atoms with van der Waals surface area (Å²) in [6, 6.07) is 7.53. The third-order valence-corrected chi connectivity index (χ3v) is 3.66. The monoisotopic (exact) mass is 351 g/mol. The van der Waals surface area contributed by atoms with Crippen molar-refractivity contribution < 1.29 is 4.74 Å². The summed E-state index contributed by atoms with van der Waals surface area (Å²) in [5.41, 5.74) is 9.22. The minimum atomic E-state index is 0.295. The number of anilines is 1. The molecule has 6 heteroatoms. The maximum absolute atomic E-state index is 6.15. The topological polar surface area (TPSA) is 90.3 Å².